The Balaban J connectivity index is 2.53. The summed E-state index contributed by atoms with van der Waals surface area (Å²) in [5.74, 6) is 0. The third-order valence-electron chi connectivity index (χ3n) is 2.63. The van der Waals surface area contributed by atoms with Crippen LogP contribution < -0.4 is 0 Å². The van der Waals surface area contributed by atoms with Crippen LogP contribution in [0.1, 0.15) is 31.4 Å². The van der Waals surface area contributed by atoms with E-state index in [0.717, 1.165) is 18.6 Å². The first kappa shape index (κ1) is 9.45. The highest BCUT2D eigenvalue weighted by atomic mass is 14.9. The summed E-state index contributed by atoms with van der Waals surface area (Å²) in [5.41, 5.74) is 3.89. The normalized spacial score (nSPS) is 18.6. The first-order valence-corrected chi connectivity index (χ1v) is 5.09. The highest BCUT2D eigenvalue weighted by molar-refractivity contribution is 6.03. The number of nitrogens with zero attached hydrogens (tertiary/aromatic N) is 1. The van der Waals surface area contributed by atoms with Crippen LogP contribution in [0.2, 0.25) is 0 Å². The Kier molecular flexibility index (Phi) is 2.18. The largest absolute Gasteiger partial charge is 0.283 e. The molecule has 1 nitrogen and oxygen atoms in total. The fraction of sp³-hybridized carbons (Fsp3) is 0.385. The molecule has 73 valence electrons. The molecule has 2 rings (SSSR count). The minimum Gasteiger partial charge on any atom is -0.283 e. The van der Waals surface area contributed by atoms with E-state index < -0.39 is 0 Å². The van der Waals surface area contributed by atoms with Crippen LogP contribution in [0.4, 0.5) is 0 Å². The molecule has 14 heavy (non-hydrogen) atoms. The first-order valence-electron chi connectivity index (χ1n) is 5.09. The highest BCUT2D eigenvalue weighted by Gasteiger charge is 2.25. The quantitative estimate of drug-likeness (QED) is 0.639. The number of aliphatic imine (C=N–C) groups is 1. The molecule has 1 radical (unpaired) electrons. The van der Waals surface area contributed by atoms with Gasteiger partial charge in [-0.3, -0.25) is 4.99 Å². The molecule has 0 fully saturated rings. The summed E-state index contributed by atoms with van der Waals surface area (Å²) in [4.78, 5) is 4.73. The van der Waals surface area contributed by atoms with Gasteiger partial charge in [-0.2, -0.15) is 0 Å². The van der Waals surface area contributed by atoms with Crippen LogP contribution >= 0.6 is 0 Å². The molecule has 0 aliphatic carbocycles. The summed E-state index contributed by atoms with van der Waals surface area (Å²) in [6.45, 7) is 8.30. The van der Waals surface area contributed by atoms with Crippen molar-refractivity contribution in [3.05, 3.63) is 42.3 Å². The lowest BCUT2D eigenvalue weighted by Crippen LogP contribution is -2.28. The second-order valence-corrected chi connectivity index (χ2v) is 4.45. The van der Waals surface area contributed by atoms with E-state index in [1.54, 1.807) is 0 Å². The van der Waals surface area contributed by atoms with Gasteiger partial charge in [0.05, 0.1) is 5.54 Å². The van der Waals surface area contributed by atoms with Gasteiger partial charge in [0.1, 0.15) is 0 Å². The predicted octanol–water partition coefficient (Wildman–Crippen LogP) is 3.03. The van der Waals surface area contributed by atoms with Gasteiger partial charge in [-0.25, -0.2) is 0 Å². The van der Waals surface area contributed by atoms with Gasteiger partial charge in [-0.15, -0.1) is 0 Å². The van der Waals surface area contributed by atoms with E-state index in [9.17, 15) is 0 Å². The smallest absolute Gasteiger partial charge is 0.0596 e. The molecular formula is C13H16N. The maximum absolute atomic E-state index is 4.73. The lowest BCUT2D eigenvalue weighted by Gasteiger charge is -2.28. The van der Waals surface area contributed by atoms with Crippen molar-refractivity contribution < 1.29 is 0 Å². The molecule has 0 atom stereocenters. The van der Waals surface area contributed by atoms with Crippen molar-refractivity contribution in [1.82, 2.24) is 0 Å². The Morgan fingerprint density at radius 3 is 2.79 bits per heavy atom. The summed E-state index contributed by atoms with van der Waals surface area (Å²) in [6, 6.07) is 8.51. The maximum Gasteiger partial charge on any atom is 0.0596 e. The van der Waals surface area contributed by atoms with Gasteiger partial charge in [0.15, 0.2) is 0 Å². The lowest BCUT2D eigenvalue weighted by atomic mass is 9.86. The molecule has 0 bridgehead atoms. The summed E-state index contributed by atoms with van der Waals surface area (Å²) >= 11 is 0. The van der Waals surface area contributed by atoms with Crippen LogP contribution in [0, 0.1) is 6.92 Å². The van der Waals surface area contributed by atoms with E-state index >= 15 is 0 Å². The van der Waals surface area contributed by atoms with Crippen LogP contribution in [0.15, 0.2) is 29.3 Å². The van der Waals surface area contributed by atoms with E-state index in [1.807, 2.05) is 0 Å². The van der Waals surface area contributed by atoms with E-state index in [-0.39, 0.29) is 5.54 Å². The fourth-order valence-corrected chi connectivity index (χ4v) is 2.08. The average molecular weight is 186 g/mol. The third kappa shape index (κ3) is 1.59. The average Bonchev–Trinajstić information content (AvgIpc) is 2.15. The molecule has 1 heteroatoms. The van der Waals surface area contributed by atoms with Gasteiger partial charge in [0, 0.05) is 5.71 Å². The van der Waals surface area contributed by atoms with Gasteiger partial charge in [-0.05, 0) is 44.7 Å². The van der Waals surface area contributed by atoms with Crippen molar-refractivity contribution in [2.75, 3.05) is 0 Å². The van der Waals surface area contributed by atoms with Crippen molar-refractivity contribution in [3.63, 3.8) is 0 Å². The molecule has 0 spiro atoms. The zero-order valence-electron chi connectivity index (χ0n) is 8.88. The third-order valence-corrected chi connectivity index (χ3v) is 2.63. The van der Waals surface area contributed by atoms with E-state index in [2.05, 4.69) is 45.0 Å². The molecule has 1 aliphatic heterocycles. The Morgan fingerprint density at radius 2 is 2.07 bits per heavy atom. The molecule has 0 saturated heterocycles. The number of benzene rings is 1. The molecule has 0 saturated carbocycles. The molecule has 0 amide bonds. The van der Waals surface area contributed by atoms with Crippen molar-refractivity contribution in [2.24, 2.45) is 4.99 Å². The van der Waals surface area contributed by atoms with Crippen LogP contribution in [-0.4, -0.2) is 11.3 Å². The number of fused-ring (bicyclic) bond motifs is 1. The number of hydrogen-bond acceptors (Lipinski definition) is 1. The maximum atomic E-state index is 4.73. The van der Waals surface area contributed by atoms with Crippen LogP contribution in [0.3, 0.4) is 0 Å². The second kappa shape index (κ2) is 3.23. The molecule has 1 aromatic carbocycles. The van der Waals surface area contributed by atoms with Crippen molar-refractivity contribution >= 4 is 5.71 Å². The van der Waals surface area contributed by atoms with Gasteiger partial charge in [-0.1, -0.05) is 24.3 Å². The summed E-state index contributed by atoms with van der Waals surface area (Å²) < 4.78 is 0. The molecule has 0 N–H and O–H groups in total. The SMILES string of the molecule is [CH2]CC1=NC(C)(C)Cc2ccccc21. The first-order chi connectivity index (χ1) is 6.62. The molecule has 0 unspecified atom stereocenters. The van der Waals surface area contributed by atoms with E-state index in [4.69, 9.17) is 4.99 Å². The van der Waals surface area contributed by atoms with Crippen molar-refractivity contribution in [3.8, 4) is 0 Å². The Hall–Kier alpha value is -1.11. The Morgan fingerprint density at radius 1 is 1.36 bits per heavy atom. The topological polar surface area (TPSA) is 12.4 Å². The van der Waals surface area contributed by atoms with E-state index in [0.29, 0.717) is 0 Å². The minimum absolute atomic E-state index is 0.0430. The lowest BCUT2D eigenvalue weighted by molar-refractivity contribution is 0.512. The zero-order valence-corrected chi connectivity index (χ0v) is 8.88. The zero-order chi connectivity index (χ0) is 10.2. The van der Waals surface area contributed by atoms with Crippen LogP contribution in [0.5, 0.6) is 0 Å². The minimum atomic E-state index is 0.0430. The predicted molar refractivity (Wildman–Crippen MR) is 60.7 cm³/mol. The molecular weight excluding hydrogens is 170 g/mol. The van der Waals surface area contributed by atoms with Gasteiger partial charge in [0.25, 0.3) is 0 Å². The van der Waals surface area contributed by atoms with Crippen molar-refractivity contribution in [2.45, 2.75) is 32.2 Å². The monoisotopic (exact) mass is 186 g/mol. The van der Waals surface area contributed by atoms with Gasteiger partial charge < -0.3 is 0 Å². The summed E-state index contributed by atoms with van der Waals surface area (Å²) in [5, 5.41) is 0. The van der Waals surface area contributed by atoms with Gasteiger partial charge in [0.2, 0.25) is 0 Å². The Labute approximate surface area is 85.9 Å². The standard InChI is InChI=1S/C13H16N/c1-4-12-11-8-6-5-7-10(11)9-13(2,3)14-12/h5-8H,1,4,9H2,2-3H3. The highest BCUT2D eigenvalue weighted by Crippen LogP contribution is 2.27. The molecule has 0 aromatic heterocycles. The van der Waals surface area contributed by atoms with Crippen LogP contribution in [-0.2, 0) is 6.42 Å². The fourth-order valence-electron chi connectivity index (χ4n) is 2.08. The summed E-state index contributed by atoms with van der Waals surface area (Å²) in [6.07, 6.45) is 1.81. The van der Waals surface area contributed by atoms with Gasteiger partial charge >= 0.3 is 0 Å². The number of rotatable bonds is 1. The summed E-state index contributed by atoms with van der Waals surface area (Å²) in [7, 11) is 0. The number of hydrogen-bond donors (Lipinski definition) is 0. The van der Waals surface area contributed by atoms with Crippen molar-refractivity contribution in [1.29, 1.82) is 0 Å². The Bertz CT molecular complexity index is 375. The molecule has 1 aliphatic rings. The molecule has 1 aromatic rings. The van der Waals surface area contributed by atoms with Crippen LogP contribution in [0.25, 0.3) is 0 Å². The van der Waals surface area contributed by atoms with E-state index in [1.165, 1.54) is 11.1 Å². The second-order valence-electron chi connectivity index (χ2n) is 4.45. The molecule has 1 heterocycles.